The molecule has 5 aromatic rings. The average Bonchev–Trinajstić information content (AvgIpc) is 3.09. The molecule has 1 N–H and O–H groups in total. The highest BCUT2D eigenvalue weighted by Crippen LogP contribution is 2.44. The van der Waals surface area contributed by atoms with Gasteiger partial charge >= 0.3 is 12.1 Å². The summed E-state index contributed by atoms with van der Waals surface area (Å²) in [6.07, 6.45) is -0.633. The number of hydrogen-bond donors (Lipinski definition) is 1. The molecule has 0 aliphatic heterocycles. The molecule has 1 amide bonds. The number of esters is 1. The number of hydrogen-bond acceptors (Lipinski definition) is 9. The lowest BCUT2D eigenvalue weighted by Crippen LogP contribution is -2.27. The molecule has 0 atom stereocenters. The van der Waals surface area contributed by atoms with E-state index in [0.29, 0.717) is 50.9 Å². The molecule has 4 aromatic carbocycles. The van der Waals surface area contributed by atoms with Gasteiger partial charge in [0.2, 0.25) is 5.75 Å². The Balaban J connectivity index is 1.76. The van der Waals surface area contributed by atoms with Crippen molar-refractivity contribution in [2.24, 2.45) is 0 Å². The zero-order valence-corrected chi connectivity index (χ0v) is 28.4. The van der Waals surface area contributed by atoms with E-state index in [2.05, 4.69) is 5.32 Å². The Morgan fingerprint density at radius 1 is 0.776 bits per heavy atom. The molecule has 0 spiro atoms. The number of anilines is 1. The number of aromatic nitrogens is 1. The Morgan fingerprint density at radius 3 is 2.00 bits per heavy atom. The Hall–Kier alpha value is -5.97. The summed E-state index contributed by atoms with van der Waals surface area (Å²) in [6, 6.07) is 24.6. The lowest BCUT2D eigenvalue weighted by molar-refractivity contribution is 0.0589. The van der Waals surface area contributed by atoms with Crippen LogP contribution < -0.4 is 29.8 Å². The number of carbonyl (C=O) groups excluding carboxylic acids is 2. The van der Waals surface area contributed by atoms with Gasteiger partial charge in [0.25, 0.3) is 5.56 Å². The van der Waals surface area contributed by atoms with Crippen molar-refractivity contribution < 1.29 is 38.0 Å². The number of rotatable bonds is 10. The number of methoxy groups -OCH3 is 4. The SMILES string of the molecule is COC(=O)c1c(-c2cc(OC)c(OC)c(OC)c2)c2ccc(OCc3ccccc3)cc2c(=O)n1-c1ccc(NC(=O)OC(C)(C)C)cc1. The monoisotopic (exact) mass is 666 g/mol. The first-order chi connectivity index (χ1) is 23.5. The van der Waals surface area contributed by atoms with E-state index in [0.717, 1.165) is 5.56 Å². The fourth-order valence-corrected chi connectivity index (χ4v) is 5.38. The summed E-state index contributed by atoms with van der Waals surface area (Å²) in [5, 5.41) is 3.42. The molecule has 0 saturated carbocycles. The largest absolute Gasteiger partial charge is 0.493 e. The maximum atomic E-state index is 14.5. The van der Waals surface area contributed by atoms with Crippen molar-refractivity contribution in [2.75, 3.05) is 33.8 Å². The van der Waals surface area contributed by atoms with Gasteiger partial charge in [0.05, 0.1) is 33.8 Å². The van der Waals surface area contributed by atoms with Gasteiger partial charge in [0, 0.05) is 16.9 Å². The van der Waals surface area contributed by atoms with Crippen LogP contribution in [0.25, 0.3) is 27.6 Å². The van der Waals surface area contributed by atoms with Crippen molar-refractivity contribution >= 4 is 28.5 Å². The van der Waals surface area contributed by atoms with Gasteiger partial charge in [0.15, 0.2) is 11.5 Å². The van der Waals surface area contributed by atoms with Crippen LogP contribution in [0.4, 0.5) is 10.5 Å². The number of benzene rings is 4. The molecule has 254 valence electrons. The fraction of sp³-hybridized carbons (Fsp3) is 0.237. The standard InChI is InChI=1S/C38H38N2O9/c1-38(2,3)49-37(43)39-25-13-15-26(16-14-25)40-33(36(42)47-7)32(24-19-30(44-4)34(46-6)31(20-24)45-5)28-18-17-27(21-29(28)35(40)41)48-22-23-11-9-8-10-12-23/h8-21H,22H2,1-7H3,(H,39,43). The van der Waals surface area contributed by atoms with Crippen LogP contribution in [0.1, 0.15) is 36.8 Å². The average molecular weight is 667 g/mol. The third-order valence-corrected chi connectivity index (χ3v) is 7.51. The maximum absolute atomic E-state index is 14.5. The molecule has 1 aromatic heterocycles. The van der Waals surface area contributed by atoms with Crippen LogP contribution >= 0.6 is 0 Å². The molecule has 49 heavy (non-hydrogen) atoms. The zero-order valence-electron chi connectivity index (χ0n) is 28.4. The quantitative estimate of drug-likeness (QED) is 0.152. The summed E-state index contributed by atoms with van der Waals surface area (Å²) < 4.78 is 34.8. The van der Waals surface area contributed by atoms with E-state index < -0.39 is 23.2 Å². The number of carbonyl (C=O) groups is 2. The Morgan fingerprint density at radius 2 is 1.43 bits per heavy atom. The third kappa shape index (κ3) is 7.46. The van der Waals surface area contributed by atoms with Crippen molar-refractivity contribution in [1.82, 2.24) is 4.57 Å². The first-order valence-electron chi connectivity index (χ1n) is 15.4. The smallest absolute Gasteiger partial charge is 0.412 e. The van der Waals surface area contributed by atoms with E-state index in [9.17, 15) is 14.4 Å². The first-order valence-corrected chi connectivity index (χ1v) is 15.4. The van der Waals surface area contributed by atoms with Crippen molar-refractivity contribution in [3.63, 3.8) is 0 Å². The summed E-state index contributed by atoms with van der Waals surface area (Å²) >= 11 is 0. The van der Waals surface area contributed by atoms with Crippen LogP contribution in [0.2, 0.25) is 0 Å². The molecular weight excluding hydrogens is 628 g/mol. The second kappa shape index (κ2) is 14.4. The Bertz CT molecular complexity index is 2020. The number of nitrogens with zero attached hydrogens (tertiary/aromatic N) is 1. The van der Waals surface area contributed by atoms with E-state index in [-0.39, 0.29) is 17.7 Å². The van der Waals surface area contributed by atoms with Crippen LogP contribution in [0.15, 0.2) is 89.7 Å². The van der Waals surface area contributed by atoms with Crippen LogP contribution in [-0.4, -0.2) is 50.7 Å². The predicted octanol–water partition coefficient (Wildman–Crippen LogP) is 7.40. The second-order valence-corrected chi connectivity index (χ2v) is 11.9. The zero-order chi connectivity index (χ0) is 35.3. The summed E-state index contributed by atoms with van der Waals surface area (Å²) in [7, 11) is 5.72. The van der Waals surface area contributed by atoms with Gasteiger partial charge in [-0.25, -0.2) is 9.59 Å². The summed E-state index contributed by atoms with van der Waals surface area (Å²) in [6.45, 7) is 5.58. The van der Waals surface area contributed by atoms with E-state index in [1.165, 1.54) is 33.0 Å². The second-order valence-electron chi connectivity index (χ2n) is 11.9. The third-order valence-electron chi connectivity index (χ3n) is 7.51. The Kier molecular flexibility index (Phi) is 10.1. The van der Waals surface area contributed by atoms with Gasteiger partial charge in [0.1, 0.15) is 23.7 Å². The fourth-order valence-electron chi connectivity index (χ4n) is 5.38. The van der Waals surface area contributed by atoms with Crippen LogP contribution in [-0.2, 0) is 16.1 Å². The van der Waals surface area contributed by atoms with Crippen molar-refractivity contribution in [1.29, 1.82) is 0 Å². The molecule has 0 bridgehead atoms. The molecule has 11 heteroatoms. The lowest BCUT2D eigenvalue weighted by atomic mass is 9.95. The van der Waals surface area contributed by atoms with E-state index in [1.54, 1.807) is 75.4 Å². The van der Waals surface area contributed by atoms with Gasteiger partial charge in [-0.1, -0.05) is 30.3 Å². The van der Waals surface area contributed by atoms with Gasteiger partial charge in [-0.2, -0.15) is 0 Å². The molecule has 0 fully saturated rings. The molecule has 11 nitrogen and oxygen atoms in total. The van der Waals surface area contributed by atoms with Crippen LogP contribution in [0.3, 0.4) is 0 Å². The maximum Gasteiger partial charge on any atom is 0.412 e. The molecule has 1 heterocycles. The van der Waals surface area contributed by atoms with E-state index >= 15 is 0 Å². The minimum absolute atomic E-state index is 0.0416. The lowest BCUT2D eigenvalue weighted by Gasteiger charge is -2.21. The topological polar surface area (TPSA) is 124 Å². The van der Waals surface area contributed by atoms with Gasteiger partial charge < -0.3 is 28.4 Å². The van der Waals surface area contributed by atoms with Gasteiger partial charge in [-0.05, 0) is 91.9 Å². The predicted molar refractivity (Wildman–Crippen MR) is 187 cm³/mol. The number of ether oxygens (including phenoxy) is 6. The highest BCUT2D eigenvalue weighted by molar-refractivity contribution is 6.08. The molecule has 0 saturated heterocycles. The highest BCUT2D eigenvalue weighted by atomic mass is 16.6. The molecule has 5 rings (SSSR count). The first kappa shape index (κ1) is 34.4. The summed E-state index contributed by atoms with van der Waals surface area (Å²) in [4.78, 5) is 40.6. The van der Waals surface area contributed by atoms with Crippen LogP contribution in [0, 0.1) is 0 Å². The van der Waals surface area contributed by atoms with Crippen LogP contribution in [0.5, 0.6) is 23.0 Å². The molecule has 0 radical (unpaired) electrons. The summed E-state index contributed by atoms with van der Waals surface area (Å²) in [5.41, 5.74) is 1.37. The normalized spacial score (nSPS) is 11.1. The van der Waals surface area contributed by atoms with Crippen molar-refractivity contribution in [3.05, 3.63) is 107 Å². The number of amides is 1. The van der Waals surface area contributed by atoms with E-state index in [1.807, 2.05) is 30.3 Å². The Labute approximate surface area is 283 Å². The summed E-state index contributed by atoms with van der Waals surface area (Å²) in [5.74, 6) is 0.746. The highest BCUT2D eigenvalue weighted by Gasteiger charge is 2.27. The molecule has 0 aliphatic rings. The number of nitrogens with one attached hydrogen (secondary N) is 1. The van der Waals surface area contributed by atoms with Crippen molar-refractivity contribution in [2.45, 2.75) is 33.0 Å². The van der Waals surface area contributed by atoms with Gasteiger partial charge in [-0.3, -0.25) is 14.7 Å². The molecule has 0 aliphatic carbocycles. The minimum atomic E-state index is -0.761. The van der Waals surface area contributed by atoms with E-state index in [4.69, 9.17) is 28.4 Å². The van der Waals surface area contributed by atoms with Gasteiger partial charge in [-0.15, -0.1) is 0 Å². The number of fused-ring (bicyclic) bond motifs is 1. The molecule has 0 unspecified atom stereocenters. The number of pyridine rings is 1. The minimum Gasteiger partial charge on any atom is -0.493 e. The van der Waals surface area contributed by atoms with Crippen molar-refractivity contribution in [3.8, 4) is 39.8 Å². The molecular formula is C38H38N2O9.